The van der Waals surface area contributed by atoms with Gasteiger partial charge in [-0.2, -0.15) is 5.10 Å². The second-order valence-corrected chi connectivity index (χ2v) is 5.92. The summed E-state index contributed by atoms with van der Waals surface area (Å²) in [7, 11) is 0. The fourth-order valence-electron chi connectivity index (χ4n) is 2.50. The first kappa shape index (κ1) is 14.3. The molecule has 0 aliphatic carbocycles. The Balaban J connectivity index is 2.32. The maximum atomic E-state index is 5.78. The smallest absolute Gasteiger partial charge is 0.0663 e. The van der Waals surface area contributed by atoms with E-state index in [1.54, 1.807) is 0 Å². The normalized spacial score (nSPS) is 12.7. The molecule has 0 bridgehead atoms. The van der Waals surface area contributed by atoms with E-state index in [9.17, 15) is 0 Å². The van der Waals surface area contributed by atoms with Crippen LogP contribution in [0.4, 0.5) is 0 Å². The van der Waals surface area contributed by atoms with Crippen LogP contribution in [0.15, 0.2) is 28.7 Å². The van der Waals surface area contributed by atoms with Gasteiger partial charge in [0.05, 0.1) is 12.2 Å². The van der Waals surface area contributed by atoms with Crippen LogP contribution in [0.5, 0.6) is 0 Å². The van der Waals surface area contributed by atoms with Crippen molar-refractivity contribution in [1.82, 2.24) is 9.78 Å². The minimum Gasteiger partial charge on any atom is -0.330 e. The van der Waals surface area contributed by atoms with E-state index >= 15 is 0 Å². The Hall–Kier alpha value is -1.13. The molecule has 0 saturated heterocycles. The fourth-order valence-corrected chi connectivity index (χ4v) is 2.95. The molecule has 102 valence electrons. The number of hydrogen-bond donors (Lipinski definition) is 1. The van der Waals surface area contributed by atoms with Crippen LogP contribution >= 0.6 is 15.9 Å². The standard InChI is InChI=1S/C15H20BrN3/c1-10(8-17)15-11(2)18-19(12(15)3)9-13-5-4-6-14(16)7-13/h4-7,10H,8-9,17H2,1-3H3. The Labute approximate surface area is 122 Å². The summed E-state index contributed by atoms with van der Waals surface area (Å²) in [5.74, 6) is 0.358. The summed E-state index contributed by atoms with van der Waals surface area (Å²) in [5.41, 5.74) is 10.6. The SMILES string of the molecule is Cc1nn(Cc2cccc(Br)c2)c(C)c1C(C)CN. The van der Waals surface area contributed by atoms with Gasteiger partial charge in [-0.25, -0.2) is 0 Å². The zero-order valence-electron chi connectivity index (χ0n) is 11.7. The zero-order chi connectivity index (χ0) is 14.0. The Morgan fingerprint density at radius 1 is 1.37 bits per heavy atom. The van der Waals surface area contributed by atoms with Crippen LogP contribution in [0.1, 0.15) is 35.4 Å². The van der Waals surface area contributed by atoms with E-state index in [1.165, 1.54) is 16.8 Å². The van der Waals surface area contributed by atoms with E-state index in [2.05, 4.69) is 64.7 Å². The number of rotatable bonds is 4. The summed E-state index contributed by atoms with van der Waals surface area (Å²) in [4.78, 5) is 0. The molecule has 3 nitrogen and oxygen atoms in total. The largest absolute Gasteiger partial charge is 0.330 e. The van der Waals surface area contributed by atoms with Crippen molar-refractivity contribution >= 4 is 15.9 Å². The van der Waals surface area contributed by atoms with E-state index in [-0.39, 0.29) is 0 Å². The summed E-state index contributed by atoms with van der Waals surface area (Å²) < 4.78 is 3.17. The first-order valence-corrected chi connectivity index (χ1v) is 7.30. The molecule has 0 saturated carbocycles. The molecule has 2 N–H and O–H groups in total. The molecule has 1 atom stereocenters. The maximum absolute atomic E-state index is 5.78. The molecule has 0 fully saturated rings. The average Bonchev–Trinajstić information content (AvgIpc) is 2.64. The Morgan fingerprint density at radius 2 is 2.11 bits per heavy atom. The highest BCUT2D eigenvalue weighted by Crippen LogP contribution is 2.23. The zero-order valence-corrected chi connectivity index (χ0v) is 13.2. The molecule has 1 unspecified atom stereocenters. The van der Waals surface area contributed by atoms with Gasteiger partial charge in [0, 0.05) is 15.7 Å². The average molecular weight is 322 g/mol. The third-order valence-electron chi connectivity index (χ3n) is 3.51. The van der Waals surface area contributed by atoms with Crippen LogP contribution in [0.25, 0.3) is 0 Å². The first-order valence-electron chi connectivity index (χ1n) is 6.51. The highest BCUT2D eigenvalue weighted by Gasteiger charge is 2.16. The van der Waals surface area contributed by atoms with Gasteiger partial charge in [-0.3, -0.25) is 4.68 Å². The number of nitrogens with two attached hydrogens (primary N) is 1. The second-order valence-electron chi connectivity index (χ2n) is 5.01. The van der Waals surface area contributed by atoms with Gasteiger partial charge >= 0.3 is 0 Å². The molecule has 1 aromatic heterocycles. The fraction of sp³-hybridized carbons (Fsp3) is 0.400. The van der Waals surface area contributed by atoms with Crippen LogP contribution in [0, 0.1) is 13.8 Å². The molecule has 1 heterocycles. The summed E-state index contributed by atoms with van der Waals surface area (Å²) in [6, 6.07) is 8.33. The molecule has 2 rings (SSSR count). The number of aryl methyl sites for hydroxylation is 1. The lowest BCUT2D eigenvalue weighted by Crippen LogP contribution is -2.11. The van der Waals surface area contributed by atoms with Crippen molar-refractivity contribution < 1.29 is 0 Å². The number of hydrogen-bond acceptors (Lipinski definition) is 2. The molecule has 0 amide bonds. The van der Waals surface area contributed by atoms with Crippen LogP contribution in [-0.2, 0) is 6.54 Å². The number of benzene rings is 1. The quantitative estimate of drug-likeness (QED) is 0.938. The minimum atomic E-state index is 0.358. The number of halogens is 1. The van der Waals surface area contributed by atoms with Crippen molar-refractivity contribution in [2.75, 3.05) is 6.54 Å². The van der Waals surface area contributed by atoms with Crippen molar-refractivity contribution in [3.8, 4) is 0 Å². The van der Waals surface area contributed by atoms with Gasteiger partial charge in [0.1, 0.15) is 0 Å². The van der Waals surface area contributed by atoms with E-state index < -0.39 is 0 Å². The van der Waals surface area contributed by atoms with Gasteiger partial charge in [0.25, 0.3) is 0 Å². The molecule has 0 radical (unpaired) electrons. The molecule has 19 heavy (non-hydrogen) atoms. The number of nitrogens with zero attached hydrogens (tertiary/aromatic N) is 2. The highest BCUT2D eigenvalue weighted by molar-refractivity contribution is 9.10. The molecular weight excluding hydrogens is 302 g/mol. The first-order chi connectivity index (χ1) is 9.02. The molecule has 0 spiro atoms. The number of aromatic nitrogens is 2. The molecule has 0 aliphatic rings. The molecule has 2 aromatic rings. The summed E-state index contributed by atoms with van der Waals surface area (Å²) in [6.07, 6.45) is 0. The van der Waals surface area contributed by atoms with Crippen molar-refractivity contribution in [2.24, 2.45) is 5.73 Å². The van der Waals surface area contributed by atoms with E-state index in [0.717, 1.165) is 16.7 Å². The van der Waals surface area contributed by atoms with Gasteiger partial charge in [0.15, 0.2) is 0 Å². The lowest BCUT2D eigenvalue weighted by molar-refractivity contribution is 0.655. The summed E-state index contributed by atoms with van der Waals surface area (Å²) in [5, 5.41) is 4.65. The summed E-state index contributed by atoms with van der Waals surface area (Å²) in [6.45, 7) is 7.79. The maximum Gasteiger partial charge on any atom is 0.0663 e. The van der Waals surface area contributed by atoms with E-state index in [4.69, 9.17) is 5.73 Å². The van der Waals surface area contributed by atoms with Gasteiger partial charge in [-0.05, 0) is 44.0 Å². The third kappa shape index (κ3) is 3.07. The minimum absolute atomic E-state index is 0.358. The lowest BCUT2D eigenvalue weighted by atomic mass is 9.99. The molecular formula is C15H20BrN3. The predicted octanol–water partition coefficient (Wildman–Crippen LogP) is 3.37. The Kier molecular flexibility index (Phi) is 4.42. The van der Waals surface area contributed by atoms with Crippen LogP contribution in [0.2, 0.25) is 0 Å². The van der Waals surface area contributed by atoms with Gasteiger partial charge in [0.2, 0.25) is 0 Å². The van der Waals surface area contributed by atoms with E-state index in [0.29, 0.717) is 12.5 Å². The second kappa shape index (κ2) is 5.88. The van der Waals surface area contributed by atoms with E-state index in [1.807, 2.05) is 6.07 Å². The highest BCUT2D eigenvalue weighted by atomic mass is 79.9. The van der Waals surface area contributed by atoms with Crippen molar-refractivity contribution in [3.63, 3.8) is 0 Å². The third-order valence-corrected chi connectivity index (χ3v) is 4.00. The molecule has 0 aliphatic heterocycles. The topological polar surface area (TPSA) is 43.8 Å². The van der Waals surface area contributed by atoms with Crippen LogP contribution < -0.4 is 5.73 Å². The Bertz CT molecular complexity index is 575. The molecule has 1 aromatic carbocycles. The monoisotopic (exact) mass is 321 g/mol. The van der Waals surface area contributed by atoms with Crippen molar-refractivity contribution in [1.29, 1.82) is 0 Å². The molecule has 4 heteroatoms. The predicted molar refractivity (Wildman–Crippen MR) is 82.4 cm³/mol. The van der Waals surface area contributed by atoms with Gasteiger partial charge in [-0.15, -0.1) is 0 Å². The Morgan fingerprint density at radius 3 is 2.74 bits per heavy atom. The summed E-state index contributed by atoms with van der Waals surface area (Å²) >= 11 is 3.50. The van der Waals surface area contributed by atoms with Crippen molar-refractivity contribution in [2.45, 2.75) is 33.2 Å². The lowest BCUT2D eigenvalue weighted by Gasteiger charge is -2.10. The van der Waals surface area contributed by atoms with Crippen molar-refractivity contribution in [3.05, 3.63) is 51.3 Å². The van der Waals surface area contributed by atoms with Crippen LogP contribution in [-0.4, -0.2) is 16.3 Å². The van der Waals surface area contributed by atoms with Gasteiger partial charge in [-0.1, -0.05) is 35.0 Å². The van der Waals surface area contributed by atoms with Crippen LogP contribution in [0.3, 0.4) is 0 Å². The van der Waals surface area contributed by atoms with Gasteiger partial charge < -0.3 is 5.73 Å².